The van der Waals surface area contributed by atoms with Gasteiger partial charge < -0.3 is 38.5 Å². The highest BCUT2D eigenvalue weighted by Gasteiger charge is 2.52. The number of Topliss-reactive ketones (excluding diaryl/α,β-unsaturated/α-hetero) is 8. The Kier molecular flexibility index (Phi) is 24.5. The summed E-state index contributed by atoms with van der Waals surface area (Å²) in [6.07, 6.45) is 5.82. The van der Waals surface area contributed by atoms with Crippen molar-refractivity contribution in [2.75, 3.05) is 81.1 Å². The number of likely N-dealkylation sites (tertiary alicyclic amines) is 4. The average Bonchev–Trinajstić information content (AvgIpc) is 0.759. The summed E-state index contributed by atoms with van der Waals surface area (Å²) >= 11 is 19.6. The predicted molar refractivity (Wildman–Crippen MR) is 477 cm³/mol. The average molecular weight is 1780 g/mol. The Balaban J connectivity index is 0.000000116. The fourth-order valence-electron chi connectivity index (χ4n) is 17.2. The molecule has 1 unspecified atom stereocenters. The van der Waals surface area contributed by atoms with Gasteiger partial charge in [-0.25, -0.2) is 0 Å². The Hall–Kier alpha value is -10.5. The summed E-state index contributed by atoms with van der Waals surface area (Å²) in [5.41, 5.74) is 6.07. The molecular formula is C96H82Cl2N4O16S5. The van der Waals surface area contributed by atoms with Crippen LogP contribution in [0.4, 0.5) is 0 Å². The van der Waals surface area contributed by atoms with Gasteiger partial charge in [0.25, 0.3) is 5.91 Å². The van der Waals surface area contributed by atoms with E-state index in [9.17, 15) is 57.5 Å². The summed E-state index contributed by atoms with van der Waals surface area (Å²) in [7, 11) is 0. The maximum Gasteiger partial charge on any atom is 0.254 e. The van der Waals surface area contributed by atoms with Gasteiger partial charge in [0.2, 0.25) is 64.0 Å². The van der Waals surface area contributed by atoms with Crippen LogP contribution in [0.1, 0.15) is 147 Å². The van der Waals surface area contributed by atoms with Crippen molar-refractivity contribution >= 4 is 175 Å². The molecule has 0 N–H and O–H groups in total. The maximum absolute atomic E-state index is 13.0. The molecule has 626 valence electrons. The van der Waals surface area contributed by atoms with Crippen molar-refractivity contribution in [3.05, 3.63) is 298 Å². The molecule has 8 aromatic rings. The summed E-state index contributed by atoms with van der Waals surface area (Å²) in [4.78, 5) is 161. The quantitative estimate of drug-likeness (QED) is 0.0778. The molecule has 20 nitrogen and oxygen atoms in total. The zero-order valence-corrected chi connectivity index (χ0v) is 72.5. The van der Waals surface area contributed by atoms with Crippen LogP contribution in [0.25, 0.3) is 23.0 Å². The number of hydrogen-bond acceptors (Lipinski definition) is 21. The summed E-state index contributed by atoms with van der Waals surface area (Å²) < 4.78 is 25.8. The van der Waals surface area contributed by atoms with Crippen LogP contribution in [0.15, 0.2) is 231 Å². The second kappa shape index (κ2) is 35.6. The van der Waals surface area contributed by atoms with Crippen LogP contribution < -0.4 is 0 Å². The summed E-state index contributed by atoms with van der Waals surface area (Å²) in [6.45, 7) is 6.69. The van der Waals surface area contributed by atoms with Gasteiger partial charge in [0.05, 0.1) is 12.2 Å². The van der Waals surface area contributed by atoms with Crippen LogP contribution >= 0.6 is 82.0 Å². The first-order valence-electron chi connectivity index (χ1n) is 40.8. The minimum absolute atomic E-state index is 0.0510. The van der Waals surface area contributed by atoms with Crippen LogP contribution in [0.5, 0.6) is 0 Å². The van der Waals surface area contributed by atoms with E-state index in [1.807, 2.05) is 167 Å². The number of fused-ring (bicyclic) bond motifs is 8. The normalized spacial score (nSPS) is 20.0. The molecule has 4 fully saturated rings. The highest BCUT2D eigenvalue weighted by molar-refractivity contribution is 8.05. The third-order valence-electron chi connectivity index (χ3n) is 24.4. The Bertz CT molecular complexity index is 5840. The van der Waals surface area contributed by atoms with Crippen LogP contribution in [0, 0.1) is 6.92 Å². The summed E-state index contributed by atoms with van der Waals surface area (Å²) in [5.74, 6) is 1.32. The second-order valence-electron chi connectivity index (χ2n) is 32.1. The van der Waals surface area contributed by atoms with Crippen LogP contribution in [-0.2, 0) is 58.9 Å². The standard InChI is InChI=1S/2C24H20ClNO4S.C24H21NO4S2.C24H21NO4S/c25-18(15-6-2-1-3-7-15)23(29)26-12-10-24(11-13-26)14-31-22-20(28)19(27)16-8-4-5-9-17(16)21(22)30-24;25-16-7-5-15(6-8-16)13-19(27)26-11-9-24(10-12-26)14-31-23-21(29)20(28)17-3-1-2-4-18(17)22(23)30-24;26-19(14-30-16-6-2-1-3-7-16)25-12-10-24(11-13-25)15-31-23-21(28)20(27)17-8-4-5-9-18(17)22(23)29-24;1-15-6-2-3-7-16(15)23(28)25-12-10-24(11-13-25)14-30-22-20(27)19(26)17-8-4-5-9-18(17)21(22)29-24/h1-9,18H,10-14H2;1-8H,9-14H2;1-9H,10-15H2;2-9H,10-14H2,1H3. The molecule has 4 aliphatic carbocycles. The SMILES string of the molecule is Cc1ccccc1C(=O)N1CCC2(CC1)CSC1=C(O2)c2ccccc2C(=O)C1=O.O=C1C(=O)c2ccccc2C2=C1SCC1(CCN(C(=O)C(Cl)c3ccccc3)CC1)O2.O=C1C(=O)c2ccccc2C2=C1SCC1(CCN(C(=O)CSc3ccccc3)CC1)O2.O=C1C(=O)c2ccccc2C2=C1SCC1(CCN(C(=O)Cc3ccc(Cl)cc3)CC1)O2. The van der Waals surface area contributed by atoms with E-state index < -0.39 is 74.0 Å². The number of benzene rings is 8. The van der Waals surface area contributed by atoms with Gasteiger partial charge in [-0.1, -0.05) is 188 Å². The first-order chi connectivity index (χ1) is 59.5. The highest BCUT2D eigenvalue weighted by atomic mass is 35.5. The van der Waals surface area contributed by atoms with E-state index in [1.54, 1.807) is 77.3 Å². The van der Waals surface area contributed by atoms with Crippen LogP contribution in [-0.4, -0.2) is 193 Å². The number of nitrogens with zero attached hydrogens (tertiary/aromatic N) is 4. The number of alkyl halides is 1. The van der Waals surface area contributed by atoms with Gasteiger partial charge in [-0.05, 0) is 53.9 Å². The van der Waals surface area contributed by atoms with Gasteiger partial charge >= 0.3 is 0 Å². The molecule has 123 heavy (non-hydrogen) atoms. The summed E-state index contributed by atoms with van der Waals surface area (Å²) in [6, 6.07) is 62.7. The van der Waals surface area contributed by atoms with Gasteiger partial charge in [0.15, 0.2) is 0 Å². The lowest BCUT2D eigenvalue weighted by Gasteiger charge is -2.45. The number of hydrogen-bond donors (Lipinski definition) is 0. The predicted octanol–water partition coefficient (Wildman–Crippen LogP) is 16.3. The highest BCUT2D eigenvalue weighted by Crippen LogP contribution is 2.53. The van der Waals surface area contributed by atoms with Crippen molar-refractivity contribution in [3.8, 4) is 0 Å². The van der Waals surface area contributed by atoms with Gasteiger partial charge in [-0.15, -0.1) is 70.4 Å². The number of aryl methyl sites for hydroxylation is 1. The topological polar surface area (TPSA) is 255 Å². The van der Waals surface area contributed by atoms with Crippen molar-refractivity contribution in [2.45, 2.75) is 97.4 Å². The largest absolute Gasteiger partial charge is 0.484 e. The van der Waals surface area contributed by atoms with Crippen molar-refractivity contribution in [2.24, 2.45) is 0 Å². The van der Waals surface area contributed by atoms with Crippen LogP contribution in [0.3, 0.4) is 0 Å². The Labute approximate surface area is 741 Å². The fourth-order valence-corrected chi connectivity index (χ4v) is 23.4. The Morgan fingerprint density at radius 2 is 0.675 bits per heavy atom. The van der Waals surface area contributed by atoms with Gasteiger partial charge in [-0.3, -0.25) is 57.5 Å². The number of rotatable bonds is 8. The third kappa shape index (κ3) is 17.1. The maximum atomic E-state index is 13.0. The molecule has 0 radical (unpaired) electrons. The fraction of sp³-hybridized carbons (Fsp3) is 0.292. The molecule has 4 saturated heterocycles. The minimum Gasteiger partial charge on any atom is -0.484 e. The molecule has 8 heterocycles. The molecule has 0 bridgehead atoms. The van der Waals surface area contributed by atoms with E-state index in [0.717, 1.165) is 27.1 Å². The lowest BCUT2D eigenvalue weighted by atomic mass is 9.89. The zero-order valence-electron chi connectivity index (χ0n) is 66.9. The number of amides is 4. The van der Waals surface area contributed by atoms with Gasteiger partial charge in [0, 0.05) is 187 Å². The number of halogens is 2. The Morgan fingerprint density at radius 1 is 0.366 bits per heavy atom. The molecule has 27 heteroatoms. The van der Waals surface area contributed by atoms with Crippen molar-refractivity contribution in [3.63, 3.8) is 0 Å². The molecule has 0 aromatic heterocycles. The molecule has 4 amide bonds. The molecule has 4 spiro atoms. The molecule has 20 rings (SSSR count). The van der Waals surface area contributed by atoms with Crippen molar-refractivity contribution in [1.82, 2.24) is 19.6 Å². The third-order valence-corrected chi connectivity index (χ3v) is 31.4. The number of ketones is 8. The molecule has 0 saturated carbocycles. The van der Waals surface area contributed by atoms with E-state index >= 15 is 0 Å². The number of allylic oxidation sites excluding steroid dienone is 4. The first-order valence-corrected chi connectivity index (χ1v) is 46.5. The first kappa shape index (κ1) is 84.7. The van der Waals surface area contributed by atoms with E-state index in [1.165, 1.54) is 47.0 Å². The van der Waals surface area contributed by atoms with E-state index in [-0.39, 0.29) is 23.6 Å². The van der Waals surface area contributed by atoms with E-state index in [2.05, 4.69) is 0 Å². The smallest absolute Gasteiger partial charge is 0.254 e. The van der Waals surface area contributed by atoms with Gasteiger partial charge in [0.1, 0.15) is 70.4 Å². The molecular weight excluding hydrogens is 1700 g/mol. The zero-order chi connectivity index (χ0) is 85.5. The molecule has 8 aliphatic heterocycles. The number of thioether (sulfide) groups is 5. The van der Waals surface area contributed by atoms with E-state index in [0.29, 0.717) is 231 Å². The lowest BCUT2D eigenvalue weighted by Crippen LogP contribution is -2.51. The lowest BCUT2D eigenvalue weighted by molar-refractivity contribution is -0.135. The van der Waals surface area contributed by atoms with Crippen molar-refractivity contribution < 1.29 is 76.5 Å². The molecule has 8 aromatic carbocycles. The second-order valence-corrected chi connectivity index (χ2v) is 38.0. The minimum atomic E-state index is -0.708. The number of piperidine rings is 4. The van der Waals surface area contributed by atoms with E-state index in [4.69, 9.17) is 42.1 Å². The summed E-state index contributed by atoms with van der Waals surface area (Å²) in [5, 5.41) is -0.0544. The van der Waals surface area contributed by atoms with Crippen molar-refractivity contribution in [1.29, 1.82) is 0 Å². The number of carbonyl (C=O) groups excluding carboxylic acids is 12. The monoisotopic (exact) mass is 1780 g/mol. The number of ether oxygens (including phenoxy) is 4. The molecule has 1 atom stereocenters. The Morgan fingerprint density at radius 3 is 1.04 bits per heavy atom. The number of carbonyl (C=O) groups is 12. The van der Waals surface area contributed by atoms with Gasteiger partial charge in [-0.2, -0.15) is 0 Å². The van der Waals surface area contributed by atoms with Crippen LogP contribution in [0.2, 0.25) is 5.02 Å². The molecule has 12 aliphatic rings.